The third kappa shape index (κ3) is 1.61. The van der Waals surface area contributed by atoms with E-state index < -0.39 is 5.54 Å². The lowest BCUT2D eigenvalue weighted by atomic mass is 9.72. The normalized spacial score (nSPS) is 37.1. The van der Waals surface area contributed by atoms with E-state index in [0.29, 0.717) is 12.6 Å². The fraction of sp³-hybridized carbons (Fsp3) is 0.818. The minimum Gasteiger partial charge on any atom is -0.287 e. The first-order chi connectivity index (χ1) is 7.33. The van der Waals surface area contributed by atoms with Gasteiger partial charge in [-0.1, -0.05) is 19.3 Å². The van der Waals surface area contributed by atoms with Gasteiger partial charge in [0.1, 0.15) is 11.6 Å². The second kappa shape index (κ2) is 4.18. The molecule has 1 heterocycles. The van der Waals surface area contributed by atoms with E-state index in [4.69, 9.17) is 5.26 Å². The zero-order valence-corrected chi connectivity index (χ0v) is 8.79. The maximum Gasteiger partial charge on any atom is 0.139 e. The summed E-state index contributed by atoms with van der Waals surface area (Å²) < 4.78 is 0. The fourth-order valence-corrected chi connectivity index (χ4v) is 2.84. The van der Waals surface area contributed by atoms with Crippen molar-refractivity contribution >= 4 is 0 Å². The van der Waals surface area contributed by atoms with Gasteiger partial charge in [-0.05, 0) is 18.8 Å². The first-order valence-corrected chi connectivity index (χ1v) is 5.63. The molecule has 15 heavy (non-hydrogen) atoms. The minimum atomic E-state index is -0.644. The summed E-state index contributed by atoms with van der Waals surface area (Å²) in [5.41, 5.74) is -0.644. The lowest BCUT2D eigenvalue weighted by Gasteiger charge is -2.35. The van der Waals surface area contributed by atoms with Crippen molar-refractivity contribution in [3.8, 4) is 12.1 Å². The van der Waals surface area contributed by atoms with Crippen molar-refractivity contribution in [3.05, 3.63) is 0 Å². The second-order valence-corrected chi connectivity index (χ2v) is 4.44. The standard InChI is InChI=1S/C11H16N4/c12-6-10-11(7-13,15-8-14-10)9-4-2-1-3-5-9/h9-10,14-15H,1-5,8H2. The van der Waals surface area contributed by atoms with Crippen LogP contribution in [0.3, 0.4) is 0 Å². The van der Waals surface area contributed by atoms with Crippen molar-refractivity contribution in [2.24, 2.45) is 5.92 Å². The summed E-state index contributed by atoms with van der Waals surface area (Å²) in [6.07, 6.45) is 5.78. The van der Waals surface area contributed by atoms with Gasteiger partial charge in [0.05, 0.1) is 12.1 Å². The molecule has 2 fully saturated rings. The van der Waals surface area contributed by atoms with Crippen molar-refractivity contribution in [2.45, 2.75) is 43.7 Å². The van der Waals surface area contributed by atoms with Crippen molar-refractivity contribution in [3.63, 3.8) is 0 Å². The van der Waals surface area contributed by atoms with Crippen molar-refractivity contribution in [2.75, 3.05) is 6.67 Å². The highest BCUT2D eigenvalue weighted by Crippen LogP contribution is 2.35. The largest absolute Gasteiger partial charge is 0.287 e. The van der Waals surface area contributed by atoms with Gasteiger partial charge in [-0.2, -0.15) is 10.5 Å². The van der Waals surface area contributed by atoms with Gasteiger partial charge < -0.3 is 0 Å². The molecule has 0 radical (unpaired) electrons. The van der Waals surface area contributed by atoms with Gasteiger partial charge in [0.2, 0.25) is 0 Å². The van der Waals surface area contributed by atoms with Crippen LogP contribution in [0.1, 0.15) is 32.1 Å². The number of nitrogens with zero attached hydrogens (tertiary/aromatic N) is 2. The van der Waals surface area contributed by atoms with E-state index >= 15 is 0 Å². The van der Waals surface area contributed by atoms with Gasteiger partial charge in [0, 0.05) is 6.67 Å². The molecule has 80 valence electrons. The molecular weight excluding hydrogens is 188 g/mol. The second-order valence-electron chi connectivity index (χ2n) is 4.44. The van der Waals surface area contributed by atoms with Crippen LogP contribution in [0.2, 0.25) is 0 Å². The van der Waals surface area contributed by atoms with Gasteiger partial charge in [0.25, 0.3) is 0 Å². The van der Waals surface area contributed by atoms with Crippen molar-refractivity contribution in [1.29, 1.82) is 10.5 Å². The SMILES string of the molecule is N#CC1NCNC1(C#N)C1CCCCC1. The zero-order chi connectivity index (χ0) is 10.7. The van der Waals surface area contributed by atoms with Gasteiger partial charge >= 0.3 is 0 Å². The highest BCUT2D eigenvalue weighted by atomic mass is 15.2. The van der Waals surface area contributed by atoms with Crippen LogP contribution in [-0.2, 0) is 0 Å². The highest BCUT2D eigenvalue weighted by Gasteiger charge is 2.49. The van der Waals surface area contributed by atoms with E-state index in [1.807, 2.05) is 0 Å². The first-order valence-electron chi connectivity index (χ1n) is 5.63. The quantitative estimate of drug-likeness (QED) is 0.665. The molecule has 0 aromatic heterocycles. The third-order valence-electron chi connectivity index (χ3n) is 3.71. The van der Waals surface area contributed by atoms with Gasteiger partial charge in [-0.25, -0.2) is 0 Å². The molecule has 0 aromatic rings. The molecule has 1 aliphatic carbocycles. The van der Waals surface area contributed by atoms with Crippen LogP contribution in [0.4, 0.5) is 0 Å². The van der Waals surface area contributed by atoms with Crippen LogP contribution in [0.25, 0.3) is 0 Å². The summed E-state index contributed by atoms with van der Waals surface area (Å²) in [7, 11) is 0. The molecule has 1 saturated heterocycles. The molecule has 0 aromatic carbocycles. The Morgan fingerprint density at radius 2 is 1.87 bits per heavy atom. The lowest BCUT2D eigenvalue weighted by Crippen LogP contribution is -2.54. The predicted octanol–water partition coefficient (Wildman–Crippen LogP) is 0.872. The minimum absolute atomic E-state index is 0.330. The van der Waals surface area contributed by atoms with Gasteiger partial charge in [-0.15, -0.1) is 0 Å². The Hall–Kier alpha value is -1.10. The number of nitrogens with one attached hydrogen (secondary N) is 2. The van der Waals surface area contributed by atoms with E-state index in [1.54, 1.807) is 0 Å². The molecule has 0 spiro atoms. The van der Waals surface area contributed by atoms with Crippen molar-refractivity contribution < 1.29 is 0 Å². The molecule has 2 unspecified atom stereocenters. The van der Waals surface area contributed by atoms with Crippen LogP contribution in [0.5, 0.6) is 0 Å². The molecule has 2 N–H and O–H groups in total. The monoisotopic (exact) mass is 204 g/mol. The number of hydrogen-bond acceptors (Lipinski definition) is 4. The maximum atomic E-state index is 9.37. The summed E-state index contributed by atoms with van der Waals surface area (Å²) in [6.45, 7) is 0.572. The Bertz CT molecular complexity index is 308. The van der Waals surface area contributed by atoms with Crippen LogP contribution in [0.15, 0.2) is 0 Å². The highest BCUT2D eigenvalue weighted by molar-refractivity contribution is 5.26. The Morgan fingerprint density at radius 3 is 2.47 bits per heavy atom. The van der Waals surface area contributed by atoms with Gasteiger partial charge in [0.15, 0.2) is 0 Å². The molecule has 4 nitrogen and oxygen atoms in total. The Morgan fingerprint density at radius 1 is 1.13 bits per heavy atom. The number of nitriles is 2. The number of rotatable bonds is 1. The first kappa shape index (κ1) is 10.4. The van der Waals surface area contributed by atoms with E-state index in [9.17, 15) is 5.26 Å². The van der Waals surface area contributed by atoms with E-state index in [-0.39, 0.29) is 6.04 Å². The topological polar surface area (TPSA) is 71.6 Å². The van der Waals surface area contributed by atoms with E-state index in [1.165, 1.54) is 19.3 Å². The van der Waals surface area contributed by atoms with Crippen molar-refractivity contribution in [1.82, 2.24) is 10.6 Å². The summed E-state index contributed by atoms with van der Waals surface area (Å²) >= 11 is 0. The average molecular weight is 204 g/mol. The zero-order valence-electron chi connectivity index (χ0n) is 8.79. The van der Waals surface area contributed by atoms with Crippen LogP contribution >= 0.6 is 0 Å². The Balaban J connectivity index is 2.21. The summed E-state index contributed by atoms with van der Waals surface area (Å²) in [6, 6.07) is 4.20. The molecule has 0 bridgehead atoms. The molecule has 2 aliphatic rings. The van der Waals surface area contributed by atoms with Crippen LogP contribution in [0, 0.1) is 28.6 Å². The molecule has 1 saturated carbocycles. The lowest BCUT2D eigenvalue weighted by molar-refractivity contribution is 0.227. The molecule has 2 atom stereocenters. The third-order valence-corrected chi connectivity index (χ3v) is 3.71. The average Bonchev–Trinajstić information content (AvgIpc) is 2.74. The Labute approximate surface area is 90.3 Å². The van der Waals surface area contributed by atoms with Crippen LogP contribution in [-0.4, -0.2) is 18.2 Å². The van der Waals surface area contributed by atoms with Crippen LogP contribution < -0.4 is 10.6 Å². The van der Waals surface area contributed by atoms with E-state index in [2.05, 4.69) is 22.8 Å². The predicted molar refractivity (Wildman–Crippen MR) is 55.5 cm³/mol. The molecule has 0 amide bonds. The summed E-state index contributed by atoms with van der Waals surface area (Å²) in [5, 5.41) is 24.7. The summed E-state index contributed by atoms with van der Waals surface area (Å²) in [5.74, 6) is 0.330. The smallest absolute Gasteiger partial charge is 0.139 e. The molecule has 4 heteroatoms. The fourth-order valence-electron chi connectivity index (χ4n) is 2.84. The summed E-state index contributed by atoms with van der Waals surface area (Å²) in [4.78, 5) is 0. The van der Waals surface area contributed by atoms with E-state index in [0.717, 1.165) is 12.8 Å². The Kier molecular flexibility index (Phi) is 2.90. The molecule has 1 aliphatic heterocycles. The molecular formula is C11H16N4. The number of hydrogen-bond donors (Lipinski definition) is 2. The molecule has 2 rings (SSSR count). The van der Waals surface area contributed by atoms with Gasteiger partial charge in [-0.3, -0.25) is 10.6 Å². The maximum absolute atomic E-state index is 9.37.